The van der Waals surface area contributed by atoms with E-state index in [0.29, 0.717) is 0 Å². The maximum absolute atomic E-state index is 3.74. The monoisotopic (exact) mass is 454 g/mol. The predicted molar refractivity (Wildman–Crippen MR) is 124 cm³/mol. The van der Waals surface area contributed by atoms with E-state index in [0.717, 1.165) is 13.0 Å². The fourth-order valence-electron chi connectivity index (χ4n) is 3.58. The Balaban J connectivity index is 0.00000196. The molecule has 1 aliphatic rings. The van der Waals surface area contributed by atoms with Crippen molar-refractivity contribution in [2.45, 2.75) is 30.9 Å². The standard InChI is InChI=1S/C19H20N.C4H10N.2ClH.Ti/c1-14-18-7-5-4-6-16(18)10-11-19(14)17-9-8-15(12-17)13-20(2)3;1-2-3-4-5;;;/h4-8,10-12H,1,9,13H2,2-3H3;5H,2-4H2,1H3;2*1H;/q;-1;;;+1. The Morgan fingerprint density at radius 1 is 1.07 bits per heavy atom. The zero-order valence-corrected chi connectivity index (χ0v) is 20.3. The second kappa shape index (κ2) is 12.9. The fourth-order valence-corrected chi connectivity index (χ4v) is 5.20. The van der Waals surface area contributed by atoms with Crippen molar-refractivity contribution in [2.24, 2.45) is 0 Å². The van der Waals surface area contributed by atoms with Crippen molar-refractivity contribution in [3.05, 3.63) is 65.3 Å². The van der Waals surface area contributed by atoms with Gasteiger partial charge in [-0.25, -0.2) is 0 Å². The number of rotatable bonds is 9. The van der Waals surface area contributed by atoms with Crippen LogP contribution in [0.3, 0.4) is 0 Å². The van der Waals surface area contributed by atoms with Crippen LogP contribution in [0, 0.1) is 0 Å². The normalized spacial score (nSPS) is 13.0. The summed E-state index contributed by atoms with van der Waals surface area (Å²) < 4.78 is 4.95. The average Bonchev–Trinajstić information content (AvgIpc) is 3.09. The van der Waals surface area contributed by atoms with Gasteiger partial charge in [0.1, 0.15) is 0 Å². The molecule has 0 amide bonds. The van der Waals surface area contributed by atoms with Gasteiger partial charge in [0.15, 0.2) is 0 Å². The molecule has 3 rings (SSSR count). The summed E-state index contributed by atoms with van der Waals surface area (Å²) in [7, 11) is 4.28. The first-order chi connectivity index (χ1) is 12.7. The summed E-state index contributed by atoms with van der Waals surface area (Å²) in [5.74, 6) is 0. The molecule has 0 bridgehead atoms. The number of benzene rings is 2. The van der Waals surface area contributed by atoms with E-state index in [1.165, 1.54) is 51.6 Å². The number of allylic oxidation sites excluding steroid dienone is 2. The van der Waals surface area contributed by atoms with Gasteiger partial charge in [0, 0.05) is 0 Å². The van der Waals surface area contributed by atoms with Crippen LogP contribution < -0.4 is 3.80 Å². The van der Waals surface area contributed by atoms with Crippen LogP contribution >= 0.6 is 24.8 Å². The van der Waals surface area contributed by atoms with E-state index in [9.17, 15) is 0 Å². The Hall–Kier alpha value is -0.606. The Morgan fingerprint density at radius 2 is 1.86 bits per heavy atom. The molecule has 28 heavy (non-hydrogen) atoms. The third kappa shape index (κ3) is 6.73. The van der Waals surface area contributed by atoms with Crippen molar-refractivity contribution in [3.8, 4) is 0 Å². The summed E-state index contributed by atoms with van der Waals surface area (Å²) in [5.41, 5.74) is 5.96. The molecule has 0 unspecified atom stereocenters. The van der Waals surface area contributed by atoms with E-state index >= 15 is 0 Å². The maximum Gasteiger partial charge on any atom is -0.147 e. The van der Waals surface area contributed by atoms with Crippen LogP contribution in [0.25, 0.3) is 16.3 Å². The molecular weight excluding hydrogens is 423 g/mol. The molecule has 0 aromatic heterocycles. The molecule has 0 aliphatic heterocycles. The van der Waals surface area contributed by atoms with E-state index in [1.54, 1.807) is 5.56 Å². The van der Waals surface area contributed by atoms with Crippen molar-refractivity contribution >= 4 is 41.2 Å². The zero-order valence-electron chi connectivity index (χ0n) is 17.1. The first-order valence-corrected chi connectivity index (χ1v) is 11.6. The molecule has 152 valence electrons. The molecule has 1 aliphatic carbocycles. The van der Waals surface area contributed by atoms with Crippen LogP contribution in [0.1, 0.15) is 37.3 Å². The number of hydrogen-bond donors (Lipinski definition) is 1. The Bertz CT molecular complexity index is 815. The third-order valence-corrected chi connectivity index (χ3v) is 6.48. The van der Waals surface area contributed by atoms with Gasteiger partial charge in [-0.15, -0.1) is 24.8 Å². The van der Waals surface area contributed by atoms with Crippen LogP contribution in [0.15, 0.2) is 54.1 Å². The fraction of sp³-hybridized carbons (Fsp3) is 0.391. The summed E-state index contributed by atoms with van der Waals surface area (Å²) in [4.78, 5) is 2.25. The Kier molecular flexibility index (Phi) is 11.7. The van der Waals surface area contributed by atoms with Crippen LogP contribution in [0.5, 0.6) is 0 Å². The molecule has 0 spiro atoms. The number of likely N-dealkylation sites (N-methyl/N-ethyl adjacent to an activating group) is 1. The van der Waals surface area contributed by atoms with Crippen LogP contribution in [0.4, 0.5) is 0 Å². The summed E-state index contributed by atoms with van der Waals surface area (Å²) in [6, 6.07) is 13.5. The number of halogens is 2. The smallest absolute Gasteiger partial charge is 0.147 e. The molecule has 0 radical (unpaired) electrons. The van der Waals surface area contributed by atoms with E-state index < -0.39 is 0 Å². The largest absolute Gasteiger partial charge is 0.147 e. The van der Waals surface area contributed by atoms with Gasteiger partial charge in [0.25, 0.3) is 0 Å². The molecule has 2 nitrogen and oxygen atoms in total. The van der Waals surface area contributed by atoms with Gasteiger partial charge < -0.3 is 0 Å². The average molecular weight is 455 g/mol. The zero-order chi connectivity index (χ0) is 18.4. The molecule has 0 saturated heterocycles. The molecule has 1 N–H and O–H groups in total. The first kappa shape index (κ1) is 25.4. The topological polar surface area (TPSA) is 15.3 Å². The van der Waals surface area contributed by atoms with Gasteiger partial charge >= 0.3 is 168 Å². The molecule has 2 aromatic rings. The van der Waals surface area contributed by atoms with Crippen LogP contribution in [-0.4, -0.2) is 32.1 Å². The first-order valence-electron chi connectivity index (χ1n) is 9.70. The minimum atomic E-state index is -0.145. The number of fused-ring (bicyclic) bond motifs is 1. The van der Waals surface area contributed by atoms with Gasteiger partial charge in [-0.1, -0.05) is 0 Å². The SMILES string of the molecule is CCCC[NH][Ti][CH2]c1c(C2=CC(CN(C)C)=CC2)ccc2ccccc12.Cl.Cl. The summed E-state index contributed by atoms with van der Waals surface area (Å²) in [6.07, 6.45) is 8.43. The summed E-state index contributed by atoms with van der Waals surface area (Å²) >= 11 is -0.145. The second-order valence-corrected chi connectivity index (χ2v) is 8.99. The Labute approximate surface area is 191 Å². The van der Waals surface area contributed by atoms with E-state index in [-0.39, 0.29) is 44.2 Å². The van der Waals surface area contributed by atoms with Gasteiger partial charge in [0.05, 0.1) is 0 Å². The molecule has 0 fully saturated rings. The number of unbranched alkanes of at least 4 members (excludes halogenated alkanes) is 1. The van der Waals surface area contributed by atoms with E-state index in [4.69, 9.17) is 0 Å². The number of nitrogens with zero attached hydrogens (tertiary/aromatic N) is 1. The minimum Gasteiger partial charge on any atom is -0.147 e. The second-order valence-electron chi connectivity index (χ2n) is 7.34. The van der Waals surface area contributed by atoms with Crippen LogP contribution in [-0.2, 0) is 24.1 Å². The number of nitrogens with one attached hydrogen (secondary N) is 1. The molecule has 0 atom stereocenters. The summed E-state index contributed by atoms with van der Waals surface area (Å²) in [5, 5.41) is 2.81. The van der Waals surface area contributed by atoms with Gasteiger partial charge in [-0.3, -0.25) is 0 Å². The quantitative estimate of drug-likeness (QED) is 0.377. The minimum absolute atomic E-state index is 0. The molecule has 0 heterocycles. The van der Waals surface area contributed by atoms with Crippen molar-refractivity contribution in [1.29, 1.82) is 0 Å². The molecule has 2 aromatic carbocycles. The van der Waals surface area contributed by atoms with Gasteiger partial charge in [-0.2, -0.15) is 0 Å². The van der Waals surface area contributed by atoms with Gasteiger partial charge in [-0.05, 0) is 0 Å². The third-order valence-electron chi connectivity index (χ3n) is 4.87. The van der Waals surface area contributed by atoms with E-state index in [2.05, 4.69) is 78.3 Å². The number of hydrogen-bond acceptors (Lipinski definition) is 2. The van der Waals surface area contributed by atoms with Crippen LogP contribution in [0.2, 0.25) is 0 Å². The van der Waals surface area contributed by atoms with Crippen molar-refractivity contribution in [3.63, 3.8) is 0 Å². The van der Waals surface area contributed by atoms with Crippen molar-refractivity contribution in [2.75, 3.05) is 27.2 Å². The van der Waals surface area contributed by atoms with Crippen molar-refractivity contribution < 1.29 is 19.4 Å². The maximum atomic E-state index is 3.74. The summed E-state index contributed by atoms with van der Waals surface area (Å²) in [6.45, 7) is 4.46. The Morgan fingerprint density at radius 3 is 2.61 bits per heavy atom. The molecular formula is C23H32Cl2N2Ti. The molecule has 5 heteroatoms. The van der Waals surface area contributed by atoms with Gasteiger partial charge in [0.2, 0.25) is 0 Å². The molecule has 0 saturated carbocycles. The van der Waals surface area contributed by atoms with Crippen molar-refractivity contribution in [1.82, 2.24) is 8.70 Å². The predicted octanol–water partition coefficient (Wildman–Crippen LogP) is 5.85. The van der Waals surface area contributed by atoms with E-state index in [1.807, 2.05) is 0 Å².